The summed E-state index contributed by atoms with van der Waals surface area (Å²) in [5.41, 5.74) is -0.441. The highest BCUT2D eigenvalue weighted by molar-refractivity contribution is 6.31. The van der Waals surface area contributed by atoms with Gasteiger partial charge in [0.2, 0.25) is 5.88 Å². The Bertz CT molecular complexity index is 1110. The van der Waals surface area contributed by atoms with Gasteiger partial charge < -0.3 is 14.8 Å². The molecule has 0 bridgehead atoms. The number of aryl methyl sites for hydroxylation is 2. The van der Waals surface area contributed by atoms with Gasteiger partial charge >= 0.3 is 6.18 Å². The topological polar surface area (TPSA) is 78.3 Å². The highest BCUT2D eigenvalue weighted by Gasteiger charge is 2.36. The fourth-order valence-electron chi connectivity index (χ4n) is 2.95. The number of benzene rings is 1. The molecule has 160 valence electrons. The van der Waals surface area contributed by atoms with Crippen LogP contribution in [0.1, 0.15) is 18.2 Å². The molecule has 0 saturated carbocycles. The average Bonchev–Trinajstić information content (AvgIpc) is 2.94. The lowest BCUT2D eigenvalue weighted by Gasteiger charge is -2.17. The third kappa shape index (κ3) is 4.28. The number of methoxy groups -OCH3 is 1. The lowest BCUT2D eigenvalue weighted by molar-refractivity contribution is -0.136. The molecule has 1 amide bonds. The number of halogens is 4. The predicted molar refractivity (Wildman–Crippen MR) is 105 cm³/mol. The van der Waals surface area contributed by atoms with E-state index in [0.717, 1.165) is 6.07 Å². The van der Waals surface area contributed by atoms with Gasteiger partial charge in [-0.1, -0.05) is 11.6 Å². The van der Waals surface area contributed by atoms with Gasteiger partial charge in [-0.2, -0.15) is 23.3 Å². The number of ether oxygens (including phenoxy) is 2. The van der Waals surface area contributed by atoms with Crippen LogP contribution in [-0.4, -0.2) is 33.9 Å². The molecule has 0 radical (unpaired) electrons. The van der Waals surface area contributed by atoms with Crippen LogP contribution in [-0.2, 0) is 18.0 Å². The van der Waals surface area contributed by atoms with Gasteiger partial charge in [0, 0.05) is 18.1 Å². The van der Waals surface area contributed by atoms with Gasteiger partial charge in [0.1, 0.15) is 5.75 Å². The number of hydrogen-bond donors (Lipinski definition) is 1. The predicted octanol–water partition coefficient (Wildman–Crippen LogP) is 4.36. The summed E-state index contributed by atoms with van der Waals surface area (Å²) in [5, 5.41) is 6.83. The van der Waals surface area contributed by atoms with Gasteiger partial charge in [0.25, 0.3) is 5.91 Å². The summed E-state index contributed by atoms with van der Waals surface area (Å²) in [5.74, 6) is -0.602. The summed E-state index contributed by atoms with van der Waals surface area (Å²) in [4.78, 5) is 16.6. The zero-order valence-electron chi connectivity index (χ0n) is 16.5. The van der Waals surface area contributed by atoms with Crippen molar-refractivity contribution < 1.29 is 27.4 Å². The van der Waals surface area contributed by atoms with Crippen LogP contribution in [0.25, 0.3) is 11.0 Å². The number of anilines is 1. The Labute approximate surface area is 174 Å². The van der Waals surface area contributed by atoms with Gasteiger partial charge in [0.05, 0.1) is 29.4 Å². The monoisotopic (exact) mass is 442 g/mol. The molecular weight excluding hydrogens is 425 g/mol. The van der Waals surface area contributed by atoms with E-state index < -0.39 is 23.8 Å². The van der Waals surface area contributed by atoms with Crippen LogP contribution < -0.4 is 14.8 Å². The number of nitrogens with one attached hydrogen (secondary N) is 1. The molecule has 0 aliphatic heterocycles. The maximum Gasteiger partial charge on any atom is 0.417 e. The van der Waals surface area contributed by atoms with E-state index in [1.54, 1.807) is 12.1 Å². The minimum atomic E-state index is -4.65. The summed E-state index contributed by atoms with van der Waals surface area (Å²) < 4.78 is 52.5. The minimum Gasteiger partial charge on any atom is -0.495 e. The number of fused-ring (bicyclic) bond motifs is 1. The summed E-state index contributed by atoms with van der Waals surface area (Å²) in [7, 11) is 2.90. The first-order valence-electron chi connectivity index (χ1n) is 8.74. The molecule has 0 aliphatic carbocycles. The third-order valence-corrected chi connectivity index (χ3v) is 4.57. The highest BCUT2D eigenvalue weighted by Crippen LogP contribution is 2.37. The van der Waals surface area contributed by atoms with Crippen molar-refractivity contribution in [1.82, 2.24) is 14.8 Å². The van der Waals surface area contributed by atoms with E-state index in [1.165, 1.54) is 38.8 Å². The van der Waals surface area contributed by atoms with Crippen LogP contribution >= 0.6 is 11.6 Å². The largest absolute Gasteiger partial charge is 0.495 e. The molecule has 0 aliphatic rings. The Morgan fingerprint density at radius 2 is 2.00 bits per heavy atom. The van der Waals surface area contributed by atoms with Gasteiger partial charge in [-0.05, 0) is 32.0 Å². The van der Waals surface area contributed by atoms with Crippen molar-refractivity contribution in [1.29, 1.82) is 0 Å². The van der Waals surface area contributed by atoms with Gasteiger partial charge in [-0.25, -0.2) is 0 Å². The molecule has 0 saturated heterocycles. The molecule has 30 heavy (non-hydrogen) atoms. The second-order valence-electron chi connectivity index (χ2n) is 6.51. The SMILES string of the molecule is COc1ccc(Cl)cc1NC(=O)[C@H](C)Oc1cc(C(F)(F)F)c2c(C)nn(C)c2n1. The first-order chi connectivity index (χ1) is 14.0. The van der Waals surface area contributed by atoms with E-state index in [-0.39, 0.29) is 22.6 Å². The average molecular weight is 443 g/mol. The zero-order chi connectivity index (χ0) is 22.2. The van der Waals surface area contributed by atoms with Crippen molar-refractivity contribution in [3.63, 3.8) is 0 Å². The number of rotatable bonds is 5. The summed E-state index contributed by atoms with van der Waals surface area (Å²) >= 11 is 5.94. The Morgan fingerprint density at radius 3 is 2.63 bits per heavy atom. The Balaban J connectivity index is 1.90. The van der Waals surface area contributed by atoms with E-state index >= 15 is 0 Å². The lowest BCUT2D eigenvalue weighted by atomic mass is 10.1. The second-order valence-corrected chi connectivity index (χ2v) is 6.94. The number of amides is 1. The Hall–Kier alpha value is -3.01. The van der Waals surface area contributed by atoms with Gasteiger partial charge in [-0.3, -0.25) is 9.48 Å². The smallest absolute Gasteiger partial charge is 0.417 e. The summed E-state index contributed by atoms with van der Waals surface area (Å²) in [6, 6.07) is 5.40. The number of nitrogens with zero attached hydrogens (tertiary/aromatic N) is 3. The fourth-order valence-corrected chi connectivity index (χ4v) is 3.12. The molecule has 1 N–H and O–H groups in total. The van der Waals surface area contributed by atoms with Crippen molar-refractivity contribution >= 4 is 34.2 Å². The van der Waals surface area contributed by atoms with Crippen LogP contribution in [0.5, 0.6) is 11.6 Å². The number of alkyl halides is 3. The summed E-state index contributed by atoms with van der Waals surface area (Å²) in [6.45, 7) is 2.86. The quantitative estimate of drug-likeness (QED) is 0.635. The number of aromatic nitrogens is 3. The van der Waals surface area contributed by atoms with Crippen LogP contribution in [0.15, 0.2) is 24.3 Å². The molecule has 2 aromatic heterocycles. The molecule has 1 atom stereocenters. The molecule has 3 aromatic rings. The Morgan fingerprint density at radius 1 is 1.30 bits per heavy atom. The van der Waals surface area contributed by atoms with Gasteiger partial charge in [-0.15, -0.1) is 0 Å². The third-order valence-electron chi connectivity index (χ3n) is 4.34. The van der Waals surface area contributed by atoms with Crippen molar-refractivity contribution in [2.75, 3.05) is 12.4 Å². The van der Waals surface area contributed by atoms with E-state index in [4.69, 9.17) is 21.1 Å². The number of carbonyl (C=O) groups is 1. The molecule has 0 unspecified atom stereocenters. The fraction of sp³-hybridized carbons (Fsp3) is 0.316. The van der Waals surface area contributed by atoms with E-state index in [0.29, 0.717) is 16.5 Å². The molecule has 11 heteroatoms. The van der Waals surface area contributed by atoms with Crippen LogP contribution in [0.2, 0.25) is 5.02 Å². The molecule has 2 heterocycles. The molecule has 0 spiro atoms. The van der Waals surface area contributed by atoms with Crippen LogP contribution in [0.3, 0.4) is 0 Å². The Kier molecular flexibility index (Phi) is 5.80. The van der Waals surface area contributed by atoms with Crippen molar-refractivity contribution in [3.8, 4) is 11.6 Å². The molecule has 0 fully saturated rings. The van der Waals surface area contributed by atoms with Crippen molar-refractivity contribution in [3.05, 3.63) is 40.5 Å². The minimum absolute atomic E-state index is 0.00134. The van der Waals surface area contributed by atoms with Crippen molar-refractivity contribution in [2.24, 2.45) is 7.05 Å². The molecule has 7 nitrogen and oxygen atoms in total. The van der Waals surface area contributed by atoms with E-state index in [1.807, 2.05) is 0 Å². The van der Waals surface area contributed by atoms with E-state index in [2.05, 4.69) is 15.4 Å². The molecule has 1 aromatic carbocycles. The summed E-state index contributed by atoms with van der Waals surface area (Å²) in [6.07, 6.45) is -5.80. The highest BCUT2D eigenvalue weighted by atomic mass is 35.5. The number of hydrogen-bond acceptors (Lipinski definition) is 5. The van der Waals surface area contributed by atoms with Gasteiger partial charge in [0.15, 0.2) is 11.8 Å². The van der Waals surface area contributed by atoms with E-state index in [9.17, 15) is 18.0 Å². The number of carbonyl (C=O) groups excluding carboxylic acids is 1. The molecule has 3 rings (SSSR count). The maximum absolute atomic E-state index is 13.6. The maximum atomic E-state index is 13.6. The first kappa shape index (κ1) is 21.7. The molecular formula is C19H18ClF3N4O3. The second kappa shape index (κ2) is 8.02. The van der Waals surface area contributed by atoms with Crippen LogP contribution in [0, 0.1) is 6.92 Å². The number of pyridine rings is 1. The normalized spacial score (nSPS) is 12.7. The zero-order valence-corrected chi connectivity index (χ0v) is 17.2. The van der Waals surface area contributed by atoms with Crippen LogP contribution in [0.4, 0.5) is 18.9 Å². The standard InChI is InChI=1S/C19H18ClF3N4O3/c1-9-16-12(19(21,22)23)8-15(25-17(16)27(3)26-9)30-10(2)18(28)24-13-7-11(20)5-6-14(13)29-4/h5-8,10H,1-4H3,(H,24,28)/t10-/m0/s1. The lowest BCUT2D eigenvalue weighted by Crippen LogP contribution is -2.30. The van der Waals surface area contributed by atoms with Crippen molar-refractivity contribution in [2.45, 2.75) is 26.1 Å². The first-order valence-corrected chi connectivity index (χ1v) is 9.11.